The Hall–Kier alpha value is -2.35. The highest BCUT2D eigenvalue weighted by molar-refractivity contribution is 7.89. The molecule has 1 heterocycles. The molecule has 160 valence electrons. The Morgan fingerprint density at radius 3 is 2.14 bits per heavy atom. The molecule has 2 atom stereocenters. The predicted molar refractivity (Wildman–Crippen MR) is 108 cm³/mol. The fraction of sp³-hybridized carbons (Fsp3) is 0.524. The van der Waals surface area contributed by atoms with Crippen LogP contribution in [0.2, 0.25) is 0 Å². The lowest BCUT2D eigenvalue weighted by Crippen LogP contribution is -2.44. The van der Waals surface area contributed by atoms with E-state index in [9.17, 15) is 18.0 Å². The molecular formula is C21H29NO6S. The largest absolute Gasteiger partial charge is 0.468 e. The number of nitrogens with zero attached hydrogens (tertiary/aromatic N) is 1. The molecule has 0 fully saturated rings. The first-order valence-corrected chi connectivity index (χ1v) is 11.0. The van der Waals surface area contributed by atoms with Crippen molar-refractivity contribution in [2.45, 2.75) is 44.6 Å². The first-order chi connectivity index (χ1) is 13.6. The third-order valence-electron chi connectivity index (χ3n) is 5.06. The second-order valence-corrected chi connectivity index (χ2v) is 9.54. The van der Waals surface area contributed by atoms with Gasteiger partial charge in [-0.05, 0) is 37.8 Å². The summed E-state index contributed by atoms with van der Waals surface area (Å²) in [5, 5.41) is 0. The topological polar surface area (TPSA) is 90.0 Å². The van der Waals surface area contributed by atoms with Gasteiger partial charge in [0.25, 0.3) is 10.0 Å². The molecule has 0 bridgehead atoms. The molecule has 7 nitrogen and oxygen atoms in total. The van der Waals surface area contributed by atoms with Crippen LogP contribution in [-0.4, -0.2) is 44.9 Å². The number of methoxy groups -OCH3 is 2. The molecule has 1 aromatic carbocycles. The van der Waals surface area contributed by atoms with Crippen molar-refractivity contribution in [3.8, 4) is 0 Å². The van der Waals surface area contributed by atoms with Gasteiger partial charge in [-0.15, -0.1) is 0 Å². The van der Waals surface area contributed by atoms with Crippen LogP contribution < -0.4 is 0 Å². The molecule has 2 rings (SSSR count). The molecule has 0 unspecified atom stereocenters. The molecule has 0 aliphatic carbocycles. The van der Waals surface area contributed by atoms with Crippen LogP contribution in [0, 0.1) is 24.7 Å². The zero-order chi connectivity index (χ0) is 21.8. The Bertz CT molecular complexity index is 844. The zero-order valence-corrected chi connectivity index (χ0v) is 18.3. The van der Waals surface area contributed by atoms with Crippen LogP contribution in [0.5, 0.6) is 0 Å². The highest BCUT2D eigenvalue weighted by Crippen LogP contribution is 2.34. The van der Waals surface area contributed by atoms with Crippen molar-refractivity contribution in [2.24, 2.45) is 17.8 Å². The Kier molecular flexibility index (Phi) is 7.46. The van der Waals surface area contributed by atoms with Crippen molar-refractivity contribution in [1.82, 2.24) is 4.31 Å². The Balaban J connectivity index is 2.43. The summed E-state index contributed by atoms with van der Waals surface area (Å²) in [5.74, 6) is -2.80. The van der Waals surface area contributed by atoms with Crippen LogP contribution in [0.25, 0.3) is 0 Å². The van der Waals surface area contributed by atoms with Crippen LogP contribution in [0.4, 0.5) is 0 Å². The number of benzene rings is 1. The van der Waals surface area contributed by atoms with E-state index in [2.05, 4.69) is 0 Å². The summed E-state index contributed by atoms with van der Waals surface area (Å²) in [6, 6.07) is 6.29. The third-order valence-corrected chi connectivity index (χ3v) is 6.91. The smallest absolute Gasteiger partial charge is 0.320 e. The van der Waals surface area contributed by atoms with Gasteiger partial charge in [-0.1, -0.05) is 37.6 Å². The first kappa shape index (κ1) is 22.9. The molecule has 0 N–H and O–H groups in total. The van der Waals surface area contributed by atoms with Gasteiger partial charge in [0.2, 0.25) is 0 Å². The van der Waals surface area contributed by atoms with Crippen molar-refractivity contribution in [2.75, 3.05) is 14.2 Å². The SMILES string of the molecule is COC(=O)C(C(=O)OC)[C@H]1C=CN(S(=O)(=O)c2ccc(C)cc2)[C@@H](CC(C)C)C1. The molecule has 0 radical (unpaired) electrons. The van der Waals surface area contributed by atoms with Crippen LogP contribution in [0.15, 0.2) is 41.4 Å². The van der Waals surface area contributed by atoms with Crippen LogP contribution in [-0.2, 0) is 29.1 Å². The number of carbonyl (C=O) groups excluding carboxylic acids is 2. The van der Waals surface area contributed by atoms with E-state index in [4.69, 9.17) is 9.47 Å². The maximum Gasteiger partial charge on any atom is 0.320 e. The van der Waals surface area contributed by atoms with E-state index in [1.165, 1.54) is 24.7 Å². The number of carbonyl (C=O) groups is 2. The fourth-order valence-electron chi connectivity index (χ4n) is 3.61. The molecule has 0 spiro atoms. The number of rotatable bonds is 7. The molecule has 8 heteroatoms. The van der Waals surface area contributed by atoms with E-state index in [0.29, 0.717) is 12.8 Å². The number of sulfonamides is 1. The van der Waals surface area contributed by atoms with Crippen molar-refractivity contribution >= 4 is 22.0 Å². The Morgan fingerprint density at radius 1 is 1.10 bits per heavy atom. The summed E-state index contributed by atoms with van der Waals surface area (Å²) in [7, 11) is -1.33. The van der Waals surface area contributed by atoms with Gasteiger partial charge in [0, 0.05) is 18.2 Å². The molecule has 0 aromatic heterocycles. The Labute approximate surface area is 172 Å². The van der Waals surface area contributed by atoms with Gasteiger partial charge in [0.15, 0.2) is 5.92 Å². The standard InChI is InChI=1S/C21H29NO6S/c1-14(2)12-17-13-16(19(20(23)27-4)21(24)28-5)10-11-22(17)29(25,26)18-8-6-15(3)7-9-18/h6-11,14,16-17,19H,12-13H2,1-5H3/t16-,17-/m0/s1. The van der Waals surface area contributed by atoms with E-state index in [0.717, 1.165) is 5.56 Å². The minimum absolute atomic E-state index is 0.206. The van der Waals surface area contributed by atoms with Gasteiger partial charge in [0.1, 0.15) is 0 Å². The van der Waals surface area contributed by atoms with Crippen molar-refractivity contribution in [1.29, 1.82) is 0 Å². The van der Waals surface area contributed by atoms with Crippen LogP contribution in [0.1, 0.15) is 32.3 Å². The van der Waals surface area contributed by atoms with Crippen molar-refractivity contribution in [3.05, 3.63) is 42.1 Å². The van der Waals surface area contributed by atoms with Gasteiger partial charge in [-0.2, -0.15) is 0 Å². The number of aryl methyl sites for hydroxylation is 1. The quantitative estimate of drug-likeness (QED) is 0.495. The maximum absolute atomic E-state index is 13.2. The summed E-state index contributed by atoms with van der Waals surface area (Å²) >= 11 is 0. The summed E-state index contributed by atoms with van der Waals surface area (Å²) in [6.45, 7) is 5.90. The lowest BCUT2D eigenvalue weighted by molar-refractivity contribution is -0.161. The highest BCUT2D eigenvalue weighted by Gasteiger charge is 2.41. The average molecular weight is 424 g/mol. The number of hydrogen-bond donors (Lipinski definition) is 0. The van der Waals surface area contributed by atoms with Gasteiger partial charge in [0.05, 0.1) is 19.1 Å². The lowest BCUT2D eigenvalue weighted by atomic mass is 9.83. The van der Waals surface area contributed by atoms with E-state index in [1.807, 2.05) is 20.8 Å². The molecular weight excluding hydrogens is 394 g/mol. The summed E-state index contributed by atoms with van der Waals surface area (Å²) in [4.78, 5) is 24.6. The third kappa shape index (κ3) is 5.18. The van der Waals surface area contributed by atoms with E-state index >= 15 is 0 Å². The normalized spacial score (nSPS) is 19.5. The molecule has 0 saturated carbocycles. The van der Waals surface area contributed by atoms with E-state index < -0.39 is 39.8 Å². The maximum atomic E-state index is 13.2. The monoisotopic (exact) mass is 423 g/mol. The molecule has 0 amide bonds. The second kappa shape index (κ2) is 9.43. The minimum atomic E-state index is -3.76. The Morgan fingerprint density at radius 2 is 1.66 bits per heavy atom. The molecule has 1 aliphatic heterocycles. The molecule has 0 saturated heterocycles. The lowest BCUT2D eigenvalue weighted by Gasteiger charge is -2.37. The van der Waals surface area contributed by atoms with Gasteiger partial charge >= 0.3 is 11.9 Å². The molecule has 1 aliphatic rings. The van der Waals surface area contributed by atoms with E-state index in [1.54, 1.807) is 30.3 Å². The van der Waals surface area contributed by atoms with Crippen molar-refractivity contribution in [3.63, 3.8) is 0 Å². The van der Waals surface area contributed by atoms with Gasteiger partial charge in [-0.3, -0.25) is 13.9 Å². The second-order valence-electron chi connectivity index (χ2n) is 7.70. The zero-order valence-electron chi connectivity index (χ0n) is 17.5. The van der Waals surface area contributed by atoms with Crippen molar-refractivity contribution < 1.29 is 27.5 Å². The number of allylic oxidation sites excluding steroid dienone is 1. The van der Waals surface area contributed by atoms with Crippen LogP contribution >= 0.6 is 0 Å². The van der Waals surface area contributed by atoms with Crippen LogP contribution in [0.3, 0.4) is 0 Å². The first-order valence-electron chi connectivity index (χ1n) is 9.56. The number of esters is 2. The van der Waals surface area contributed by atoms with Gasteiger partial charge < -0.3 is 9.47 Å². The summed E-state index contributed by atoms with van der Waals surface area (Å²) in [5.41, 5.74) is 0.968. The highest BCUT2D eigenvalue weighted by atomic mass is 32.2. The fourth-order valence-corrected chi connectivity index (χ4v) is 5.13. The summed E-state index contributed by atoms with van der Waals surface area (Å²) in [6.07, 6.45) is 3.95. The number of ether oxygens (including phenoxy) is 2. The van der Waals surface area contributed by atoms with Gasteiger partial charge in [-0.25, -0.2) is 8.42 Å². The average Bonchev–Trinajstić information content (AvgIpc) is 2.67. The summed E-state index contributed by atoms with van der Waals surface area (Å²) < 4.78 is 37.4. The van der Waals surface area contributed by atoms with E-state index in [-0.39, 0.29) is 10.8 Å². The molecule has 1 aromatic rings. The predicted octanol–water partition coefficient (Wildman–Crippen LogP) is 2.90. The molecule has 29 heavy (non-hydrogen) atoms. The minimum Gasteiger partial charge on any atom is -0.468 e. The number of hydrogen-bond acceptors (Lipinski definition) is 6.